The van der Waals surface area contributed by atoms with E-state index in [4.69, 9.17) is 19.2 Å². The molecule has 2 aromatic heterocycles. The molecule has 3 aromatic rings. The molecule has 1 aliphatic heterocycles. The summed E-state index contributed by atoms with van der Waals surface area (Å²) in [6.45, 7) is 8.37. The summed E-state index contributed by atoms with van der Waals surface area (Å²) in [6, 6.07) is 7.86. The van der Waals surface area contributed by atoms with Crippen LogP contribution in [-0.4, -0.2) is 64.9 Å². The van der Waals surface area contributed by atoms with Gasteiger partial charge in [0.05, 0.1) is 43.3 Å². The lowest BCUT2D eigenvalue weighted by Gasteiger charge is -2.34. The van der Waals surface area contributed by atoms with E-state index in [2.05, 4.69) is 0 Å². The van der Waals surface area contributed by atoms with Crippen molar-refractivity contribution in [3.05, 3.63) is 58.9 Å². The Kier molecular flexibility index (Phi) is 7.49. The van der Waals surface area contributed by atoms with Gasteiger partial charge < -0.3 is 23.5 Å². The van der Waals surface area contributed by atoms with E-state index >= 15 is 0 Å². The highest BCUT2D eigenvalue weighted by Gasteiger charge is 2.30. The maximum Gasteiger partial charge on any atom is 0.410 e. The van der Waals surface area contributed by atoms with Gasteiger partial charge in [-0.15, -0.1) is 0 Å². The van der Waals surface area contributed by atoms with Crippen LogP contribution in [0, 0.1) is 6.92 Å². The lowest BCUT2D eigenvalue weighted by Crippen LogP contribution is -2.48. The molecule has 0 bridgehead atoms. The summed E-state index contributed by atoms with van der Waals surface area (Å²) in [5.41, 5.74) is 2.91. The molecule has 0 spiro atoms. The molecule has 0 saturated carbocycles. The minimum Gasteiger partial charge on any atom is -0.465 e. The molecule has 8 nitrogen and oxygen atoms in total. The number of imidazole rings is 1. The van der Waals surface area contributed by atoms with Gasteiger partial charge in [-0.1, -0.05) is 6.07 Å². The average molecular weight is 516 g/mol. The number of esters is 1. The van der Waals surface area contributed by atoms with E-state index in [1.54, 1.807) is 33.7 Å². The molecule has 1 atom stereocenters. The van der Waals surface area contributed by atoms with Crippen molar-refractivity contribution >= 4 is 17.7 Å². The molecule has 4 rings (SSSR count). The molecule has 1 unspecified atom stereocenters. The molecule has 1 saturated heterocycles. The highest BCUT2D eigenvalue weighted by molar-refractivity contribution is 5.90. The summed E-state index contributed by atoms with van der Waals surface area (Å²) in [5, 5.41) is 0. The normalized spacial score (nSPS) is 16.3. The number of alkyl halides is 2. The van der Waals surface area contributed by atoms with Gasteiger partial charge >= 0.3 is 12.1 Å². The van der Waals surface area contributed by atoms with Crippen molar-refractivity contribution < 1.29 is 32.6 Å². The number of rotatable bonds is 5. The third kappa shape index (κ3) is 5.90. The largest absolute Gasteiger partial charge is 0.465 e. The zero-order valence-electron chi connectivity index (χ0n) is 21.6. The van der Waals surface area contributed by atoms with Crippen LogP contribution in [0.1, 0.15) is 54.4 Å². The molecule has 1 aliphatic rings. The van der Waals surface area contributed by atoms with Crippen LogP contribution < -0.4 is 0 Å². The summed E-state index contributed by atoms with van der Waals surface area (Å²) in [4.78, 5) is 30.9. The van der Waals surface area contributed by atoms with E-state index in [1.807, 2.05) is 27.7 Å². The number of nitrogens with zero attached hydrogens (tertiary/aromatic N) is 3. The molecule has 1 aromatic carbocycles. The SMILES string of the molecule is COC(=O)c1ccc(-c2nc3cc(C(F)F)ccn3c2CC2CN(C(=O)OC(C)(C)C)CCO2)c(C)c1. The Morgan fingerprint density at radius 2 is 1.97 bits per heavy atom. The first kappa shape index (κ1) is 26.5. The van der Waals surface area contributed by atoms with Gasteiger partial charge in [-0.25, -0.2) is 23.4 Å². The minimum atomic E-state index is -2.63. The van der Waals surface area contributed by atoms with Crippen LogP contribution >= 0.6 is 0 Å². The van der Waals surface area contributed by atoms with Gasteiger partial charge in [-0.05, 0) is 57.5 Å². The van der Waals surface area contributed by atoms with E-state index in [0.29, 0.717) is 43.0 Å². The number of pyridine rings is 1. The van der Waals surface area contributed by atoms with Gasteiger partial charge in [0.1, 0.15) is 11.2 Å². The molecule has 1 amide bonds. The summed E-state index contributed by atoms with van der Waals surface area (Å²) in [7, 11) is 1.32. The zero-order chi connectivity index (χ0) is 26.9. The standard InChI is InChI=1S/C27H31F2N3O5/c1-16-12-18(25(33)35-5)6-7-20(16)23-21(32-9-8-17(24(28)29)13-22(32)30-23)14-19-15-31(10-11-36-19)26(34)37-27(2,3)4/h6-9,12-13,19,24H,10-11,14-15H2,1-5H3. The number of aryl methyl sites for hydroxylation is 1. The summed E-state index contributed by atoms with van der Waals surface area (Å²) in [6.07, 6.45) is -1.44. The van der Waals surface area contributed by atoms with Gasteiger partial charge in [-0.2, -0.15) is 0 Å². The third-order valence-corrected chi connectivity index (χ3v) is 6.12. The van der Waals surface area contributed by atoms with E-state index in [-0.39, 0.29) is 11.7 Å². The van der Waals surface area contributed by atoms with Gasteiger partial charge in [0.25, 0.3) is 6.43 Å². The second kappa shape index (κ2) is 10.5. The lowest BCUT2D eigenvalue weighted by molar-refractivity contribution is -0.0418. The predicted molar refractivity (Wildman–Crippen MR) is 133 cm³/mol. The number of fused-ring (bicyclic) bond motifs is 1. The monoisotopic (exact) mass is 515 g/mol. The molecule has 3 heterocycles. The maximum atomic E-state index is 13.4. The second-order valence-electron chi connectivity index (χ2n) is 10.0. The van der Waals surface area contributed by atoms with Crippen molar-refractivity contribution in [1.29, 1.82) is 0 Å². The fraction of sp³-hybridized carbons (Fsp3) is 0.444. The molecule has 0 N–H and O–H groups in total. The van der Waals surface area contributed by atoms with Gasteiger partial charge in [-0.3, -0.25) is 0 Å². The van der Waals surface area contributed by atoms with Crippen LogP contribution in [0.15, 0.2) is 36.5 Å². The number of hydrogen-bond donors (Lipinski definition) is 0. The van der Waals surface area contributed by atoms with Crippen molar-refractivity contribution in [2.75, 3.05) is 26.8 Å². The minimum absolute atomic E-state index is 0.127. The maximum absolute atomic E-state index is 13.4. The Bertz CT molecular complexity index is 1320. The molecule has 37 heavy (non-hydrogen) atoms. The Morgan fingerprint density at radius 1 is 1.22 bits per heavy atom. The quantitative estimate of drug-likeness (QED) is 0.434. The van der Waals surface area contributed by atoms with Crippen molar-refractivity contribution in [1.82, 2.24) is 14.3 Å². The number of halogens is 2. The number of aromatic nitrogens is 2. The Hall–Kier alpha value is -3.53. The van der Waals surface area contributed by atoms with E-state index in [0.717, 1.165) is 16.8 Å². The summed E-state index contributed by atoms with van der Waals surface area (Å²) < 4.78 is 44.9. The Morgan fingerprint density at radius 3 is 2.62 bits per heavy atom. The van der Waals surface area contributed by atoms with E-state index in [9.17, 15) is 18.4 Å². The Labute approximate surface area is 214 Å². The van der Waals surface area contributed by atoms with E-state index < -0.39 is 24.1 Å². The first-order chi connectivity index (χ1) is 17.5. The third-order valence-electron chi connectivity index (χ3n) is 6.12. The van der Waals surface area contributed by atoms with Crippen molar-refractivity contribution in [2.24, 2.45) is 0 Å². The summed E-state index contributed by atoms with van der Waals surface area (Å²) >= 11 is 0. The molecule has 0 aliphatic carbocycles. The fourth-order valence-corrected chi connectivity index (χ4v) is 4.38. The van der Waals surface area contributed by atoms with Crippen LogP contribution in [0.5, 0.6) is 0 Å². The molecule has 0 radical (unpaired) electrons. The van der Waals surface area contributed by atoms with Crippen LogP contribution in [-0.2, 0) is 20.6 Å². The van der Waals surface area contributed by atoms with Crippen molar-refractivity contribution in [3.8, 4) is 11.3 Å². The number of amides is 1. The lowest BCUT2D eigenvalue weighted by atomic mass is 9.99. The van der Waals surface area contributed by atoms with Crippen LogP contribution in [0.25, 0.3) is 16.9 Å². The van der Waals surface area contributed by atoms with Crippen LogP contribution in [0.2, 0.25) is 0 Å². The Balaban J connectivity index is 1.71. The molecular weight excluding hydrogens is 484 g/mol. The van der Waals surface area contributed by atoms with E-state index in [1.165, 1.54) is 19.2 Å². The number of ether oxygens (including phenoxy) is 3. The zero-order valence-corrected chi connectivity index (χ0v) is 21.6. The predicted octanol–water partition coefficient (Wildman–Crippen LogP) is 5.21. The number of morpholine rings is 1. The average Bonchev–Trinajstić information content (AvgIpc) is 3.19. The van der Waals surface area contributed by atoms with Gasteiger partial charge in [0.15, 0.2) is 0 Å². The number of carbonyl (C=O) groups excluding carboxylic acids is 2. The first-order valence-corrected chi connectivity index (χ1v) is 12.0. The fourth-order valence-electron chi connectivity index (χ4n) is 4.38. The number of methoxy groups -OCH3 is 1. The van der Waals surface area contributed by atoms with Crippen molar-refractivity contribution in [2.45, 2.75) is 52.2 Å². The smallest absolute Gasteiger partial charge is 0.410 e. The van der Waals surface area contributed by atoms with Gasteiger partial charge in [0.2, 0.25) is 0 Å². The van der Waals surface area contributed by atoms with Crippen molar-refractivity contribution in [3.63, 3.8) is 0 Å². The molecular formula is C27H31F2N3O5. The second-order valence-corrected chi connectivity index (χ2v) is 10.0. The number of carbonyl (C=O) groups is 2. The van der Waals surface area contributed by atoms with Gasteiger partial charge in [0, 0.05) is 30.3 Å². The molecule has 198 valence electrons. The topological polar surface area (TPSA) is 82.4 Å². The molecule has 1 fully saturated rings. The number of benzene rings is 1. The number of hydrogen-bond acceptors (Lipinski definition) is 6. The highest BCUT2D eigenvalue weighted by atomic mass is 19.3. The first-order valence-electron chi connectivity index (χ1n) is 12.0. The van der Waals surface area contributed by atoms with Crippen LogP contribution in [0.4, 0.5) is 13.6 Å². The molecule has 10 heteroatoms. The highest BCUT2D eigenvalue weighted by Crippen LogP contribution is 2.31. The van der Waals surface area contributed by atoms with Crippen LogP contribution in [0.3, 0.4) is 0 Å². The summed E-state index contributed by atoms with van der Waals surface area (Å²) in [5.74, 6) is -0.454.